The van der Waals surface area contributed by atoms with E-state index in [1.165, 1.54) is 0 Å². The van der Waals surface area contributed by atoms with E-state index in [-0.39, 0.29) is 0 Å². The molecule has 0 saturated carbocycles. The van der Waals surface area contributed by atoms with Crippen molar-refractivity contribution in [1.29, 1.82) is 0 Å². The molecule has 0 amide bonds. The Kier molecular flexibility index (Phi) is 4.32. The molecule has 0 unspecified atom stereocenters. The van der Waals surface area contributed by atoms with Gasteiger partial charge in [0.15, 0.2) is 0 Å². The first kappa shape index (κ1) is 15.1. The van der Waals surface area contributed by atoms with E-state index >= 15 is 0 Å². The summed E-state index contributed by atoms with van der Waals surface area (Å²) >= 11 is 0. The van der Waals surface area contributed by atoms with E-state index in [4.69, 9.17) is 4.74 Å². The Morgan fingerprint density at radius 1 is 1.14 bits per heavy atom. The van der Waals surface area contributed by atoms with E-state index in [1.54, 1.807) is 13.8 Å². The van der Waals surface area contributed by atoms with Crippen molar-refractivity contribution >= 4 is 5.97 Å². The van der Waals surface area contributed by atoms with Gasteiger partial charge in [0, 0.05) is 5.56 Å². The van der Waals surface area contributed by atoms with Crippen LogP contribution < -0.4 is 4.74 Å². The summed E-state index contributed by atoms with van der Waals surface area (Å²) in [5.41, 5.74) is 1.79. The summed E-state index contributed by atoms with van der Waals surface area (Å²) in [7, 11) is 0. The molecule has 0 heterocycles. The van der Waals surface area contributed by atoms with Crippen molar-refractivity contribution in [2.45, 2.75) is 26.2 Å². The fourth-order valence-corrected chi connectivity index (χ4v) is 2.19. The average Bonchev–Trinajstić information content (AvgIpc) is 2.48. The number of rotatable bonds is 5. The Hall–Kier alpha value is -2.29. The van der Waals surface area contributed by atoms with E-state index in [0.717, 1.165) is 22.4 Å². The van der Waals surface area contributed by atoms with Gasteiger partial charge in [-0.3, -0.25) is 4.79 Å². The molecule has 0 fully saturated rings. The highest BCUT2D eigenvalue weighted by Crippen LogP contribution is 2.33. The Morgan fingerprint density at radius 2 is 1.86 bits per heavy atom. The van der Waals surface area contributed by atoms with Crippen LogP contribution in [-0.2, 0) is 10.2 Å². The molecule has 0 aliphatic heterocycles. The van der Waals surface area contributed by atoms with Gasteiger partial charge in [-0.1, -0.05) is 36.4 Å². The average molecular weight is 284 g/mol. The van der Waals surface area contributed by atoms with Gasteiger partial charge >= 0.3 is 5.97 Å². The van der Waals surface area contributed by atoms with Crippen LogP contribution in [0.4, 0.5) is 0 Å². The smallest absolute Gasteiger partial charge is 0.313 e. The Bertz CT molecular complexity index is 644. The van der Waals surface area contributed by atoms with Gasteiger partial charge in [0.2, 0.25) is 0 Å². The van der Waals surface area contributed by atoms with Gasteiger partial charge in [-0.05, 0) is 44.0 Å². The maximum absolute atomic E-state index is 11.4. The van der Waals surface area contributed by atoms with Crippen molar-refractivity contribution < 1.29 is 14.6 Å². The van der Waals surface area contributed by atoms with Crippen LogP contribution in [-0.4, -0.2) is 17.7 Å². The van der Waals surface area contributed by atoms with Gasteiger partial charge in [0.1, 0.15) is 5.75 Å². The summed E-state index contributed by atoms with van der Waals surface area (Å²) in [6.07, 6.45) is 0. The maximum Gasteiger partial charge on any atom is 0.313 e. The van der Waals surface area contributed by atoms with Crippen molar-refractivity contribution in [3.8, 4) is 16.9 Å². The number of para-hydroxylation sites is 1. The molecule has 0 aliphatic carbocycles. The summed E-state index contributed by atoms with van der Waals surface area (Å²) in [6, 6.07) is 15.4. The second-order valence-corrected chi connectivity index (χ2v) is 5.44. The lowest BCUT2D eigenvalue weighted by atomic mass is 9.83. The predicted molar refractivity (Wildman–Crippen MR) is 83.7 cm³/mol. The molecule has 21 heavy (non-hydrogen) atoms. The van der Waals surface area contributed by atoms with E-state index in [2.05, 4.69) is 0 Å². The third kappa shape index (κ3) is 3.07. The van der Waals surface area contributed by atoms with E-state index in [1.807, 2.05) is 55.5 Å². The molecule has 0 radical (unpaired) electrons. The fraction of sp³-hybridized carbons (Fsp3) is 0.278. The Morgan fingerprint density at radius 3 is 2.52 bits per heavy atom. The molecule has 3 heteroatoms. The predicted octanol–water partition coefficient (Wildman–Crippen LogP) is 4.11. The fourth-order valence-electron chi connectivity index (χ4n) is 2.19. The van der Waals surface area contributed by atoms with Crippen LogP contribution in [0.15, 0.2) is 48.5 Å². The van der Waals surface area contributed by atoms with Crippen molar-refractivity contribution in [2.75, 3.05) is 6.61 Å². The van der Waals surface area contributed by atoms with Gasteiger partial charge in [0.05, 0.1) is 12.0 Å². The van der Waals surface area contributed by atoms with Gasteiger partial charge < -0.3 is 9.84 Å². The molecular formula is C18H20O3. The number of ether oxygens (including phenoxy) is 1. The Balaban J connectivity index is 2.50. The number of carboxylic acids is 1. The zero-order valence-electron chi connectivity index (χ0n) is 12.6. The third-order valence-corrected chi connectivity index (χ3v) is 3.62. The standard InChI is InChI=1S/C18H20O3/c1-4-21-16-11-6-5-10-15(16)13-8-7-9-14(12-13)18(2,3)17(19)20/h5-12H,4H2,1-3H3,(H,19,20). The van der Waals surface area contributed by atoms with E-state index < -0.39 is 11.4 Å². The summed E-state index contributed by atoms with van der Waals surface area (Å²) in [5, 5.41) is 9.37. The first-order valence-electron chi connectivity index (χ1n) is 7.03. The molecule has 2 aromatic rings. The van der Waals surface area contributed by atoms with Crippen LogP contribution >= 0.6 is 0 Å². The molecule has 3 nitrogen and oxygen atoms in total. The number of carboxylic acid groups (broad SMARTS) is 1. The Labute approximate surface area is 125 Å². The second-order valence-electron chi connectivity index (χ2n) is 5.44. The maximum atomic E-state index is 11.4. The first-order chi connectivity index (χ1) is 9.96. The van der Waals surface area contributed by atoms with Crippen molar-refractivity contribution in [3.05, 3.63) is 54.1 Å². The van der Waals surface area contributed by atoms with E-state index in [0.29, 0.717) is 6.61 Å². The quantitative estimate of drug-likeness (QED) is 0.898. The largest absolute Gasteiger partial charge is 0.493 e. The number of hydrogen-bond acceptors (Lipinski definition) is 2. The highest BCUT2D eigenvalue weighted by Gasteiger charge is 2.29. The van der Waals surface area contributed by atoms with Crippen LogP contribution in [0.5, 0.6) is 5.75 Å². The molecule has 0 atom stereocenters. The highest BCUT2D eigenvalue weighted by molar-refractivity contribution is 5.81. The SMILES string of the molecule is CCOc1ccccc1-c1cccc(C(C)(C)C(=O)O)c1. The summed E-state index contributed by atoms with van der Waals surface area (Å²) in [5.74, 6) is -0.0250. The topological polar surface area (TPSA) is 46.5 Å². The molecule has 0 saturated heterocycles. The minimum atomic E-state index is -0.920. The van der Waals surface area contributed by atoms with Gasteiger partial charge in [-0.2, -0.15) is 0 Å². The molecular weight excluding hydrogens is 264 g/mol. The van der Waals surface area contributed by atoms with Crippen LogP contribution in [0, 0.1) is 0 Å². The molecule has 1 N–H and O–H groups in total. The monoisotopic (exact) mass is 284 g/mol. The van der Waals surface area contributed by atoms with Crippen LogP contribution in [0.25, 0.3) is 11.1 Å². The number of aliphatic carboxylic acids is 1. The zero-order chi connectivity index (χ0) is 15.5. The lowest BCUT2D eigenvalue weighted by molar-refractivity contribution is -0.142. The van der Waals surface area contributed by atoms with Crippen LogP contribution in [0.2, 0.25) is 0 Å². The van der Waals surface area contributed by atoms with Gasteiger partial charge in [-0.15, -0.1) is 0 Å². The van der Waals surface area contributed by atoms with Crippen LogP contribution in [0.3, 0.4) is 0 Å². The molecule has 2 aromatic carbocycles. The van der Waals surface area contributed by atoms with Gasteiger partial charge in [0.25, 0.3) is 0 Å². The number of benzene rings is 2. The van der Waals surface area contributed by atoms with Crippen molar-refractivity contribution in [1.82, 2.24) is 0 Å². The highest BCUT2D eigenvalue weighted by atomic mass is 16.5. The third-order valence-electron chi connectivity index (χ3n) is 3.62. The lowest BCUT2D eigenvalue weighted by Gasteiger charge is -2.21. The number of carbonyl (C=O) groups is 1. The summed E-state index contributed by atoms with van der Waals surface area (Å²) in [6.45, 7) is 5.96. The zero-order valence-corrected chi connectivity index (χ0v) is 12.6. The van der Waals surface area contributed by atoms with Gasteiger partial charge in [-0.25, -0.2) is 0 Å². The normalized spacial score (nSPS) is 11.2. The minimum Gasteiger partial charge on any atom is -0.493 e. The summed E-state index contributed by atoms with van der Waals surface area (Å²) in [4.78, 5) is 11.4. The molecule has 0 bridgehead atoms. The first-order valence-corrected chi connectivity index (χ1v) is 7.03. The number of hydrogen-bond donors (Lipinski definition) is 1. The molecule has 2 rings (SSSR count). The van der Waals surface area contributed by atoms with E-state index in [9.17, 15) is 9.90 Å². The van der Waals surface area contributed by atoms with Crippen molar-refractivity contribution in [2.24, 2.45) is 0 Å². The molecule has 0 aliphatic rings. The molecule has 0 aromatic heterocycles. The van der Waals surface area contributed by atoms with Crippen LogP contribution in [0.1, 0.15) is 26.3 Å². The summed E-state index contributed by atoms with van der Waals surface area (Å²) < 4.78 is 5.65. The molecule has 110 valence electrons. The lowest BCUT2D eigenvalue weighted by Crippen LogP contribution is -2.28. The van der Waals surface area contributed by atoms with Crippen molar-refractivity contribution in [3.63, 3.8) is 0 Å². The second kappa shape index (κ2) is 6.00. The molecule has 0 spiro atoms. The minimum absolute atomic E-state index is 0.595.